The average molecular weight is 326 g/mol. The van der Waals surface area contributed by atoms with Gasteiger partial charge in [0, 0.05) is 24.9 Å². The van der Waals surface area contributed by atoms with Gasteiger partial charge in [-0.2, -0.15) is 0 Å². The van der Waals surface area contributed by atoms with Crippen molar-refractivity contribution in [2.45, 2.75) is 26.4 Å². The largest absolute Gasteiger partial charge is 0.503 e. The van der Waals surface area contributed by atoms with E-state index in [2.05, 4.69) is 4.98 Å². The van der Waals surface area contributed by atoms with Gasteiger partial charge in [0.25, 0.3) is 5.91 Å². The molecule has 1 amide bonds. The van der Waals surface area contributed by atoms with Crippen molar-refractivity contribution in [2.75, 3.05) is 0 Å². The van der Waals surface area contributed by atoms with E-state index in [0.29, 0.717) is 5.76 Å². The molecule has 0 saturated heterocycles. The van der Waals surface area contributed by atoms with Gasteiger partial charge < -0.3 is 14.4 Å². The summed E-state index contributed by atoms with van der Waals surface area (Å²) in [5, 5.41) is 10.3. The van der Waals surface area contributed by atoms with Gasteiger partial charge in [0.15, 0.2) is 11.5 Å². The Morgan fingerprint density at radius 1 is 1.33 bits per heavy atom. The second-order valence-corrected chi connectivity index (χ2v) is 5.99. The predicted octanol–water partition coefficient (Wildman–Crippen LogP) is 2.80. The minimum absolute atomic E-state index is 0.0963. The van der Waals surface area contributed by atoms with Crippen LogP contribution in [-0.4, -0.2) is 26.7 Å². The Labute approximate surface area is 139 Å². The fourth-order valence-electron chi connectivity index (χ4n) is 2.81. The standard InChI is InChI=1S/C18H18N2O4/c1-11(2)16(21)14-15(13-4-3-9-24-13)20(18(23)17(14)22)10-12-5-7-19-8-6-12/h3-9,11,15,22H,10H2,1-2H3. The Kier molecular flexibility index (Phi) is 4.20. The molecule has 1 atom stereocenters. The summed E-state index contributed by atoms with van der Waals surface area (Å²) in [5.74, 6) is -1.22. The lowest BCUT2D eigenvalue weighted by Crippen LogP contribution is -2.30. The number of carbonyl (C=O) groups is 2. The molecular formula is C18H18N2O4. The number of pyridine rings is 1. The summed E-state index contributed by atoms with van der Waals surface area (Å²) in [6, 6.07) is 6.23. The van der Waals surface area contributed by atoms with Gasteiger partial charge in [-0.3, -0.25) is 14.6 Å². The first-order valence-electron chi connectivity index (χ1n) is 7.71. The zero-order valence-corrected chi connectivity index (χ0v) is 13.5. The molecule has 0 radical (unpaired) electrons. The highest BCUT2D eigenvalue weighted by Crippen LogP contribution is 2.39. The zero-order valence-electron chi connectivity index (χ0n) is 13.5. The Hall–Kier alpha value is -2.89. The monoisotopic (exact) mass is 326 g/mol. The maximum atomic E-state index is 12.6. The zero-order chi connectivity index (χ0) is 17.3. The van der Waals surface area contributed by atoms with Gasteiger partial charge in [0.1, 0.15) is 11.8 Å². The van der Waals surface area contributed by atoms with Gasteiger partial charge in [0.2, 0.25) is 0 Å². The molecular weight excluding hydrogens is 308 g/mol. The number of hydrogen-bond donors (Lipinski definition) is 1. The SMILES string of the molecule is CC(C)C(=O)C1=C(O)C(=O)N(Cc2ccncc2)C1c1ccco1. The first-order chi connectivity index (χ1) is 11.5. The average Bonchev–Trinajstić information content (AvgIpc) is 3.18. The number of aliphatic hydroxyl groups is 1. The van der Waals surface area contributed by atoms with E-state index in [4.69, 9.17) is 4.42 Å². The summed E-state index contributed by atoms with van der Waals surface area (Å²) in [5.41, 5.74) is 0.944. The molecule has 0 saturated carbocycles. The number of nitrogens with zero attached hydrogens (tertiary/aromatic N) is 2. The van der Waals surface area contributed by atoms with Gasteiger partial charge in [-0.1, -0.05) is 13.8 Å². The molecule has 124 valence electrons. The second-order valence-electron chi connectivity index (χ2n) is 5.99. The molecule has 0 aliphatic carbocycles. The Morgan fingerprint density at radius 3 is 2.62 bits per heavy atom. The smallest absolute Gasteiger partial charge is 0.290 e. The van der Waals surface area contributed by atoms with Crippen molar-refractivity contribution in [1.29, 1.82) is 0 Å². The number of ketones is 1. The summed E-state index contributed by atoms with van der Waals surface area (Å²) in [7, 11) is 0. The molecule has 0 fully saturated rings. The number of carbonyl (C=O) groups excluding carboxylic acids is 2. The Bertz CT molecular complexity index is 779. The first-order valence-corrected chi connectivity index (χ1v) is 7.71. The quantitative estimate of drug-likeness (QED) is 0.913. The van der Waals surface area contributed by atoms with E-state index >= 15 is 0 Å². The lowest BCUT2D eigenvalue weighted by Gasteiger charge is -2.25. The maximum absolute atomic E-state index is 12.6. The van der Waals surface area contributed by atoms with Gasteiger partial charge in [0.05, 0.1) is 11.8 Å². The number of aliphatic hydroxyl groups excluding tert-OH is 1. The number of amides is 1. The molecule has 0 bridgehead atoms. The normalized spacial score (nSPS) is 17.9. The maximum Gasteiger partial charge on any atom is 0.290 e. The van der Waals surface area contributed by atoms with Crippen LogP contribution in [0.1, 0.15) is 31.2 Å². The fourth-order valence-corrected chi connectivity index (χ4v) is 2.81. The van der Waals surface area contributed by atoms with Crippen LogP contribution in [0.15, 0.2) is 58.7 Å². The van der Waals surface area contributed by atoms with Crippen LogP contribution in [0.4, 0.5) is 0 Å². The van der Waals surface area contributed by atoms with Gasteiger partial charge in [-0.15, -0.1) is 0 Å². The number of rotatable bonds is 5. The third-order valence-corrected chi connectivity index (χ3v) is 4.01. The number of Topliss-reactive ketones (excluding diaryl/α,β-unsaturated/α-hetero) is 1. The van der Waals surface area contributed by atoms with Crippen molar-refractivity contribution in [3.63, 3.8) is 0 Å². The van der Waals surface area contributed by atoms with Crippen molar-refractivity contribution >= 4 is 11.7 Å². The van der Waals surface area contributed by atoms with Crippen LogP contribution in [0.5, 0.6) is 0 Å². The summed E-state index contributed by atoms with van der Waals surface area (Å²) in [4.78, 5) is 30.5. The van der Waals surface area contributed by atoms with Crippen LogP contribution in [0.25, 0.3) is 0 Å². The van der Waals surface area contributed by atoms with E-state index in [1.54, 1.807) is 50.5 Å². The van der Waals surface area contributed by atoms with Crippen molar-refractivity contribution in [2.24, 2.45) is 5.92 Å². The van der Waals surface area contributed by atoms with Crippen LogP contribution in [0.2, 0.25) is 0 Å². The molecule has 2 aromatic heterocycles. The minimum Gasteiger partial charge on any atom is -0.503 e. The van der Waals surface area contributed by atoms with Gasteiger partial charge in [-0.25, -0.2) is 0 Å². The molecule has 1 aliphatic heterocycles. The van der Waals surface area contributed by atoms with Crippen LogP contribution in [-0.2, 0) is 16.1 Å². The third-order valence-electron chi connectivity index (χ3n) is 4.01. The molecule has 1 N–H and O–H groups in total. The predicted molar refractivity (Wildman–Crippen MR) is 85.7 cm³/mol. The van der Waals surface area contributed by atoms with Crippen molar-refractivity contribution < 1.29 is 19.1 Å². The molecule has 3 heterocycles. The van der Waals surface area contributed by atoms with Crippen molar-refractivity contribution in [3.8, 4) is 0 Å². The van der Waals surface area contributed by atoms with Crippen LogP contribution >= 0.6 is 0 Å². The molecule has 2 aromatic rings. The summed E-state index contributed by atoms with van der Waals surface area (Å²) >= 11 is 0. The highest BCUT2D eigenvalue weighted by Gasteiger charge is 2.45. The molecule has 0 aromatic carbocycles. The number of furan rings is 1. The summed E-state index contributed by atoms with van der Waals surface area (Å²) < 4.78 is 5.44. The molecule has 3 rings (SSSR count). The van der Waals surface area contributed by atoms with Gasteiger partial charge >= 0.3 is 0 Å². The lowest BCUT2D eigenvalue weighted by atomic mass is 9.94. The molecule has 1 unspecified atom stereocenters. The van der Waals surface area contributed by atoms with E-state index in [0.717, 1.165) is 5.56 Å². The van der Waals surface area contributed by atoms with Crippen LogP contribution < -0.4 is 0 Å². The fraction of sp³-hybridized carbons (Fsp3) is 0.278. The van der Waals surface area contributed by atoms with E-state index in [1.807, 2.05) is 0 Å². The molecule has 6 nitrogen and oxygen atoms in total. The Morgan fingerprint density at radius 2 is 2.04 bits per heavy atom. The Balaban J connectivity index is 2.03. The molecule has 6 heteroatoms. The highest BCUT2D eigenvalue weighted by atomic mass is 16.3. The third kappa shape index (κ3) is 2.71. The second kappa shape index (κ2) is 6.31. The van der Waals surface area contributed by atoms with E-state index in [-0.39, 0.29) is 23.8 Å². The number of hydrogen-bond acceptors (Lipinski definition) is 5. The molecule has 1 aliphatic rings. The number of aromatic nitrogens is 1. The lowest BCUT2D eigenvalue weighted by molar-refractivity contribution is -0.130. The highest BCUT2D eigenvalue weighted by molar-refractivity contribution is 6.09. The van der Waals surface area contributed by atoms with Crippen molar-refractivity contribution in [1.82, 2.24) is 9.88 Å². The first kappa shape index (κ1) is 16.0. The minimum atomic E-state index is -0.726. The molecule has 24 heavy (non-hydrogen) atoms. The van der Waals surface area contributed by atoms with E-state index < -0.39 is 17.7 Å². The van der Waals surface area contributed by atoms with E-state index in [1.165, 1.54) is 11.2 Å². The summed E-state index contributed by atoms with van der Waals surface area (Å²) in [6.07, 6.45) is 4.74. The summed E-state index contributed by atoms with van der Waals surface area (Å²) in [6.45, 7) is 3.71. The topological polar surface area (TPSA) is 83.6 Å². The van der Waals surface area contributed by atoms with Crippen LogP contribution in [0, 0.1) is 5.92 Å². The molecule has 0 spiro atoms. The van der Waals surface area contributed by atoms with Gasteiger partial charge in [-0.05, 0) is 29.8 Å². The van der Waals surface area contributed by atoms with E-state index in [9.17, 15) is 14.7 Å². The van der Waals surface area contributed by atoms with Crippen LogP contribution in [0.3, 0.4) is 0 Å². The van der Waals surface area contributed by atoms with Crippen molar-refractivity contribution in [3.05, 3.63) is 65.6 Å².